The average molecular weight is 294 g/mol. The Balaban J connectivity index is 1.80. The van der Waals surface area contributed by atoms with Gasteiger partial charge < -0.3 is 15.7 Å². The van der Waals surface area contributed by atoms with Gasteiger partial charge in [0.1, 0.15) is 5.60 Å². The van der Waals surface area contributed by atoms with Crippen LogP contribution >= 0.6 is 0 Å². The van der Waals surface area contributed by atoms with Gasteiger partial charge in [-0.2, -0.15) is 5.10 Å². The van der Waals surface area contributed by atoms with E-state index in [4.69, 9.17) is 0 Å². The molecule has 1 aliphatic carbocycles. The first-order valence-electron chi connectivity index (χ1n) is 7.62. The Morgan fingerprint density at radius 1 is 1.57 bits per heavy atom. The maximum absolute atomic E-state index is 11.9. The molecule has 1 aliphatic rings. The molecule has 118 valence electrons. The van der Waals surface area contributed by atoms with Crippen molar-refractivity contribution in [2.45, 2.75) is 51.2 Å². The summed E-state index contributed by atoms with van der Waals surface area (Å²) in [5.41, 5.74) is -0.428. The normalized spacial score (nSPS) is 25.1. The summed E-state index contributed by atoms with van der Waals surface area (Å²) < 4.78 is 1.63. The molecule has 6 nitrogen and oxygen atoms in total. The third kappa shape index (κ3) is 4.46. The lowest BCUT2D eigenvalue weighted by Crippen LogP contribution is -2.47. The highest BCUT2D eigenvalue weighted by molar-refractivity contribution is 5.74. The van der Waals surface area contributed by atoms with E-state index in [9.17, 15) is 9.90 Å². The van der Waals surface area contributed by atoms with Gasteiger partial charge in [0.15, 0.2) is 0 Å². The molecule has 0 radical (unpaired) electrons. The van der Waals surface area contributed by atoms with Crippen LogP contribution in [-0.2, 0) is 12.6 Å². The number of urea groups is 1. The molecule has 1 heterocycles. The van der Waals surface area contributed by atoms with E-state index in [2.05, 4.69) is 22.7 Å². The van der Waals surface area contributed by atoms with E-state index in [1.807, 2.05) is 0 Å². The number of hydrogen-bond acceptors (Lipinski definition) is 3. The monoisotopic (exact) mass is 294 g/mol. The van der Waals surface area contributed by atoms with Crippen LogP contribution < -0.4 is 10.6 Å². The molecule has 0 spiro atoms. The fraction of sp³-hybridized carbons (Fsp3) is 0.733. The third-order valence-corrected chi connectivity index (χ3v) is 4.19. The smallest absolute Gasteiger partial charge is 0.315 e. The van der Waals surface area contributed by atoms with E-state index >= 15 is 0 Å². The number of aryl methyl sites for hydroxylation is 1. The lowest BCUT2D eigenvalue weighted by molar-refractivity contribution is 0.0590. The molecule has 3 atom stereocenters. The number of rotatable bonds is 4. The molecule has 1 aromatic heterocycles. The highest BCUT2D eigenvalue weighted by Gasteiger charge is 2.26. The van der Waals surface area contributed by atoms with Crippen molar-refractivity contribution < 1.29 is 9.90 Å². The maximum atomic E-state index is 11.9. The van der Waals surface area contributed by atoms with Crippen molar-refractivity contribution in [2.75, 3.05) is 6.54 Å². The lowest BCUT2D eigenvalue weighted by Gasteiger charge is -2.28. The van der Waals surface area contributed by atoms with Crippen molar-refractivity contribution in [2.24, 2.45) is 13.0 Å². The Morgan fingerprint density at radius 3 is 2.95 bits per heavy atom. The van der Waals surface area contributed by atoms with Gasteiger partial charge in [-0.3, -0.25) is 4.68 Å². The standard InChI is InChI=1S/C15H26N4O2/c1-11-5-4-6-13(7-11)18-14(20)16-10-15(2,21)12-8-17-19(3)9-12/h8-9,11,13,21H,4-7,10H2,1-3H3,(H2,16,18,20). The predicted molar refractivity (Wildman–Crippen MR) is 80.7 cm³/mol. The fourth-order valence-electron chi connectivity index (χ4n) is 2.86. The van der Waals surface area contributed by atoms with Gasteiger partial charge in [-0.15, -0.1) is 0 Å². The van der Waals surface area contributed by atoms with Crippen molar-refractivity contribution in [1.29, 1.82) is 0 Å². The van der Waals surface area contributed by atoms with E-state index in [1.54, 1.807) is 31.0 Å². The maximum Gasteiger partial charge on any atom is 0.315 e. The summed E-state index contributed by atoms with van der Waals surface area (Å²) in [4.78, 5) is 11.9. The number of nitrogens with zero attached hydrogens (tertiary/aromatic N) is 2. The van der Waals surface area contributed by atoms with E-state index in [1.165, 1.54) is 12.8 Å². The zero-order chi connectivity index (χ0) is 15.5. The highest BCUT2D eigenvalue weighted by Crippen LogP contribution is 2.23. The molecule has 0 bridgehead atoms. The van der Waals surface area contributed by atoms with Gasteiger partial charge >= 0.3 is 6.03 Å². The van der Waals surface area contributed by atoms with Gasteiger partial charge in [0.25, 0.3) is 0 Å². The van der Waals surface area contributed by atoms with Crippen LogP contribution in [-0.4, -0.2) is 33.5 Å². The Hall–Kier alpha value is -1.56. The summed E-state index contributed by atoms with van der Waals surface area (Å²) in [7, 11) is 1.80. The second-order valence-corrected chi connectivity index (χ2v) is 6.47. The van der Waals surface area contributed by atoms with Gasteiger partial charge in [-0.05, 0) is 25.7 Å². The van der Waals surface area contributed by atoms with E-state index in [0.717, 1.165) is 12.8 Å². The van der Waals surface area contributed by atoms with Crippen LogP contribution in [0.2, 0.25) is 0 Å². The molecule has 2 amide bonds. The number of aliphatic hydroxyl groups is 1. The largest absolute Gasteiger partial charge is 0.383 e. The summed E-state index contributed by atoms with van der Waals surface area (Å²) in [6.07, 6.45) is 7.85. The second-order valence-electron chi connectivity index (χ2n) is 6.47. The first-order valence-corrected chi connectivity index (χ1v) is 7.62. The van der Waals surface area contributed by atoms with Gasteiger partial charge in [-0.25, -0.2) is 4.79 Å². The number of aromatic nitrogens is 2. The Labute approximate surface area is 125 Å². The summed E-state index contributed by atoms with van der Waals surface area (Å²) in [6, 6.07) is 0.0374. The molecule has 6 heteroatoms. The SMILES string of the molecule is CC1CCCC(NC(=O)NCC(C)(O)c2cnn(C)c2)C1. The van der Waals surface area contributed by atoms with Gasteiger partial charge in [0.05, 0.1) is 12.7 Å². The van der Waals surface area contributed by atoms with Crippen molar-refractivity contribution in [1.82, 2.24) is 20.4 Å². The number of nitrogens with one attached hydrogen (secondary N) is 2. The number of carbonyl (C=O) groups is 1. The van der Waals surface area contributed by atoms with Crippen LogP contribution in [0.4, 0.5) is 4.79 Å². The Morgan fingerprint density at radius 2 is 2.33 bits per heavy atom. The predicted octanol–water partition coefficient (Wildman–Crippen LogP) is 1.51. The zero-order valence-corrected chi connectivity index (χ0v) is 13.1. The van der Waals surface area contributed by atoms with E-state index in [0.29, 0.717) is 11.5 Å². The van der Waals surface area contributed by atoms with Crippen molar-refractivity contribution in [3.05, 3.63) is 18.0 Å². The van der Waals surface area contributed by atoms with Crippen LogP contribution in [0.3, 0.4) is 0 Å². The first-order chi connectivity index (χ1) is 9.87. The Kier molecular flexibility index (Phi) is 4.88. The minimum absolute atomic E-state index is 0.160. The van der Waals surface area contributed by atoms with E-state index < -0.39 is 5.60 Å². The molecular formula is C15H26N4O2. The van der Waals surface area contributed by atoms with E-state index in [-0.39, 0.29) is 18.6 Å². The first kappa shape index (κ1) is 15.8. The van der Waals surface area contributed by atoms with Crippen LogP contribution in [0.5, 0.6) is 0 Å². The molecule has 0 aliphatic heterocycles. The number of amides is 2. The summed E-state index contributed by atoms with van der Waals surface area (Å²) in [6.45, 7) is 4.05. The van der Waals surface area contributed by atoms with Crippen molar-refractivity contribution in [3.63, 3.8) is 0 Å². The molecular weight excluding hydrogens is 268 g/mol. The molecule has 2 rings (SSSR count). The summed E-state index contributed by atoms with van der Waals surface area (Å²) in [5, 5.41) is 20.2. The van der Waals surface area contributed by atoms with Gasteiger partial charge in [0, 0.05) is 24.8 Å². The quantitative estimate of drug-likeness (QED) is 0.787. The molecule has 3 unspecified atom stereocenters. The zero-order valence-electron chi connectivity index (χ0n) is 13.1. The van der Waals surface area contributed by atoms with Crippen LogP contribution in [0.15, 0.2) is 12.4 Å². The minimum atomic E-state index is -1.12. The molecule has 0 aromatic carbocycles. The van der Waals surface area contributed by atoms with Crippen molar-refractivity contribution in [3.8, 4) is 0 Å². The molecule has 1 aromatic rings. The summed E-state index contributed by atoms with van der Waals surface area (Å²) >= 11 is 0. The molecule has 1 fully saturated rings. The summed E-state index contributed by atoms with van der Waals surface area (Å²) in [5.74, 6) is 0.669. The fourth-order valence-corrected chi connectivity index (χ4v) is 2.86. The Bertz CT molecular complexity index is 484. The number of hydrogen-bond donors (Lipinski definition) is 3. The molecule has 1 saturated carbocycles. The van der Waals surface area contributed by atoms with Gasteiger partial charge in [0.2, 0.25) is 0 Å². The number of carbonyl (C=O) groups excluding carboxylic acids is 1. The van der Waals surface area contributed by atoms with Crippen LogP contribution in [0.25, 0.3) is 0 Å². The lowest BCUT2D eigenvalue weighted by atomic mass is 9.87. The second kappa shape index (κ2) is 6.47. The average Bonchev–Trinajstić information content (AvgIpc) is 2.84. The molecule has 0 saturated heterocycles. The third-order valence-electron chi connectivity index (χ3n) is 4.19. The van der Waals surface area contributed by atoms with Gasteiger partial charge in [-0.1, -0.05) is 19.8 Å². The van der Waals surface area contributed by atoms with Crippen LogP contribution in [0, 0.1) is 5.92 Å². The van der Waals surface area contributed by atoms with Crippen molar-refractivity contribution >= 4 is 6.03 Å². The van der Waals surface area contributed by atoms with Crippen LogP contribution in [0.1, 0.15) is 45.1 Å². The topological polar surface area (TPSA) is 79.2 Å². The minimum Gasteiger partial charge on any atom is -0.383 e. The highest BCUT2D eigenvalue weighted by atomic mass is 16.3. The molecule has 21 heavy (non-hydrogen) atoms. The molecule has 3 N–H and O–H groups in total.